The van der Waals surface area contributed by atoms with Crippen LogP contribution in [-0.2, 0) is 10.0 Å². The molecule has 0 aromatic heterocycles. The zero-order valence-corrected chi connectivity index (χ0v) is 12.7. The molecule has 0 heterocycles. The molecule has 1 unspecified atom stereocenters. The number of aliphatic hydroxyl groups excluding tert-OH is 1. The van der Waals surface area contributed by atoms with Crippen molar-refractivity contribution in [2.45, 2.75) is 37.1 Å². The average Bonchev–Trinajstić information content (AvgIpc) is 3.22. The summed E-state index contributed by atoms with van der Waals surface area (Å²) in [6.45, 7) is 2.74. The number of rotatable bonds is 6. The Labute approximate surface area is 123 Å². The molecule has 7 nitrogen and oxygen atoms in total. The molecular formula is C13H18N2O5S. The smallest absolute Gasteiger partial charge is 0.273 e. The number of nitro benzene ring substituents is 1. The SMILES string of the molecule is Cc1c([N+](=O)[O-])cccc1S(=O)(=O)NC(C)(CO)C1CC1. The van der Waals surface area contributed by atoms with Gasteiger partial charge in [0.1, 0.15) is 0 Å². The zero-order valence-electron chi connectivity index (χ0n) is 11.9. The van der Waals surface area contributed by atoms with Crippen LogP contribution in [0.1, 0.15) is 25.3 Å². The van der Waals surface area contributed by atoms with Gasteiger partial charge >= 0.3 is 0 Å². The topological polar surface area (TPSA) is 110 Å². The van der Waals surface area contributed by atoms with E-state index < -0.39 is 20.5 Å². The molecule has 0 saturated heterocycles. The summed E-state index contributed by atoms with van der Waals surface area (Å²) in [5, 5.41) is 20.4. The van der Waals surface area contributed by atoms with E-state index in [1.807, 2.05) is 0 Å². The summed E-state index contributed by atoms with van der Waals surface area (Å²) in [4.78, 5) is 10.2. The number of sulfonamides is 1. The molecule has 2 rings (SSSR count). The first-order valence-corrected chi connectivity index (χ1v) is 8.08. The zero-order chi connectivity index (χ0) is 15.8. The molecule has 0 bridgehead atoms. The lowest BCUT2D eigenvalue weighted by molar-refractivity contribution is -0.385. The fourth-order valence-corrected chi connectivity index (χ4v) is 4.14. The van der Waals surface area contributed by atoms with Crippen molar-refractivity contribution < 1.29 is 18.4 Å². The van der Waals surface area contributed by atoms with E-state index in [1.165, 1.54) is 25.1 Å². The molecule has 1 aliphatic rings. The van der Waals surface area contributed by atoms with Crippen molar-refractivity contribution in [2.24, 2.45) is 5.92 Å². The minimum absolute atomic E-state index is 0.0890. The van der Waals surface area contributed by atoms with E-state index in [0.717, 1.165) is 12.8 Å². The third-order valence-corrected chi connectivity index (χ3v) is 5.67. The minimum Gasteiger partial charge on any atom is -0.394 e. The van der Waals surface area contributed by atoms with Crippen LogP contribution in [0.2, 0.25) is 0 Å². The number of nitro groups is 1. The van der Waals surface area contributed by atoms with E-state index in [9.17, 15) is 23.6 Å². The van der Waals surface area contributed by atoms with Crippen LogP contribution in [0.3, 0.4) is 0 Å². The van der Waals surface area contributed by atoms with Gasteiger partial charge in [-0.05, 0) is 38.7 Å². The van der Waals surface area contributed by atoms with Gasteiger partial charge in [-0.2, -0.15) is 0 Å². The lowest BCUT2D eigenvalue weighted by Crippen LogP contribution is -2.50. The first-order chi connectivity index (χ1) is 9.71. The Morgan fingerprint density at radius 1 is 1.48 bits per heavy atom. The highest BCUT2D eigenvalue weighted by Gasteiger charge is 2.44. The molecule has 1 aromatic carbocycles. The molecule has 21 heavy (non-hydrogen) atoms. The van der Waals surface area contributed by atoms with Gasteiger partial charge in [0.2, 0.25) is 10.0 Å². The van der Waals surface area contributed by atoms with Crippen LogP contribution in [0.5, 0.6) is 0 Å². The van der Waals surface area contributed by atoms with Crippen molar-refractivity contribution in [3.8, 4) is 0 Å². The van der Waals surface area contributed by atoms with E-state index in [0.29, 0.717) is 0 Å². The van der Waals surface area contributed by atoms with Gasteiger partial charge < -0.3 is 5.11 Å². The molecular weight excluding hydrogens is 296 g/mol. The predicted octanol–water partition coefficient (Wildman–Crippen LogP) is 1.34. The van der Waals surface area contributed by atoms with Crippen LogP contribution in [0, 0.1) is 23.0 Å². The van der Waals surface area contributed by atoms with E-state index in [-0.39, 0.29) is 28.7 Å². The molecule has 0 spiro atoms. The summed E-state index contributed by atoms with van der Waals surface area (Å²) in [7, 11) is -3.94. The van der Waals surface area contributed by atoms with Crippen molar-refractivity contribution in [2.75, 3.05) is 6.61 Å². The summed E-state index contributed by atoms with van der Waals surface area (Å²) in [6, 6.07) is 3.93. The van der Waals surface area contributed by atoms with Crippen molar-refractivity contribution >= 4 is 15.7 Å². The Bertz CT molecular complexity index is 669. The average molecular weight is 314 g/mol. The van der Waals surface area contributed by atoms with Crippen molar-refractivity contribution in [1.29, 1.82) is 0 Å². The standard InChI is InChI=1S/C13H18N2O5S/c1-9-11(15(17)18)4-3-5-12(9)21(19,20)14-13(2,8-16)10-6-7-10/h3-5,10,14,16H,6-8H2,1-2H3. The molecule has 1 saturated carbocycles. The van der Waals surface area contributed by atoms with Gasteiger partial charge in [-0.25, -0.2) is 13.1 Å². The van der Waals surface area contributed by atoms with Gasteiger partial charge in [-0.3, -0.25) is 10.1 Å². The Balaban J connectivity index is 2.40. The second-order valence-corrected chi connectivity index (χ2v) is 7.26. The maximum Gasteiger partial charge on any atom is 0.273 e. The molecule has 1 aliphatic carbocycles. The van der Waals surface area contributed by atoms with Gasteiger partial charge in [0.25, 0.3) is 5.69 Å². The largest absolute Gasteiger partial charge is 0.394 e. The molecule has 8 heteroatoms. The summed E-state index contributed by atoms with van der Waals surface area (Å²) >= 11 is 0. The fourth-order valence-electron chi connectivity index (χ4n) is 2.42. The Hall–Kier alpha value is -1.51. The highest BCUT2D eigenvalue weighted by molar-refractivity contribution is 7.89. The summed E-state index contributed by atoms with van der Waals surface area (Å²) < 4.78 is 27.5. The first-order valence-electron chi connectivity index (χ1n) is 6.60. The lowest BCUT2D eigenvalue weighted by atomic mass is 9.99. The van der Waals surface area contributed by atoms with E-state index in [4.69, 9.17) is 0 Å². The highest BCUT2D eigenvalue weighted by atomic mass is 32.2. The second kappa shape index (κ2) is 5.36. The van der Waals surface area contributed by atoms with Crippen LogP contribution in [-0.4, -0.2) is 30.6 Å². The van der Waals surface area contributed by atoms with Crippen LogP contribution >= 0.6 is 0 Å². The molecule has 1 aromatic rings. The van der Waals surface area contributed by atoms with E-state index in [1.54, 1.807) is 6.92 Å². The maximum absolute atomic E-state index is 12.5. The van der Waals surface area contributed by atoms with Crippen LogP contribution in [0.4, 0.5) is 5.69 Å². The number of nitrogens with one attached hydrogen (secondary N) is 1. The Morgan fingerprint density at radius 3 is 2.57 bits per heavy atom. The van der Waals surface area contributed by atoms with Gasteiger partial charge in [0.05, 0.1) is 22.0 Å². The van der Waals surface area contributed by atoms with Gasteiger partial charge in [-0.1, -0.05) is 6.07 Å². The normalized spacial score (nSPS) is 18.2. The highest BCUT2D eigenvalue weighted by Crippen LogP contribution is 2.40. The number of benzene rings is 1. The van der Waals surface area contributed by atoms with Crippen molar-refractivity contribution in [3.05, 3.63) is 33.9 Å². The minimum atomic E-state index is -3.94. The Kier molecular flexibility index (Phi) is 4.05. The van der Waals surface area contributed by atoms with Crippen molar-refractivity contribution in [3.63, 3.8) is 0 Å². The van der Waals surface area contributed by atoms with Crippen LogP contribution < -0.4 is 4.72 Å². The third kappa shape index (κ3) is 3.07. The number of aliphatic hydroxyl groups is 1. The van der Waals surface area contributed by atoms with Crippen molar-refractivity contribution in [1.82, 2.24) is 4.72 Å². The third-order valence-electron chi connectivity index (χ3n) is 3.92. The number of nitrogens with zero attached hydrogens (tertiary/aromatic N) is 1. The lowest BCUT2D eigenvalue weighted by Gasteiger charge is -2.28. The van der Waals surface area contributed by atoms with E-state index in [2.05, 4.69) is 4.72 Å². The van der Waals surface area contributed by atoms with E-state index >= 15 is 0 Å². The summed E-state index contributed by atoms with van der Waals surface area (Å²) in [5.74, 6) is 0.0938. The molecule has 1 fully saturated rings. The molecule has 0 radical (unpaired) electrons. The second-order valence-electron chi connectivity index (χ2n) is 5.61. The first kappa shape index (κ1) is 15.9. The molecule has 0 amide bonds. The Morgan fingerprint density at radius 2 is 2.10 bits per heavy atom. The maximum atomic E-state index is 12.5. The molecule has 1 atom stereocenters. The fraction of sp³-hybridized carbons (Fsp3) is 0.538. The quantitative estimate of drug-likeness (QED) is 0.608. The molecule has 0 aliphatic heterocycles. The molecule has 2 N–H and O–H groups in total. The van der Waals surface area contributed by atoms with Gasteiger partial charge in [0, 0.05) is 11.6 Å². The van der Waals surface area contributed by atoms with Crippen LogP contribution in [0.15, 0.2) is 23.1 Å². The monoisotopic (exact) mass is 314 g/mol. The predicted molar refractivity (Wildman–Crippen MR) is 76.4 cm³/mol. The van der Waals surface area contributed by atoms with Crippen LogP contribution in [0.25, 0.3) is 0 Å². The summed E-state index contributed by atoms with van der Waals surface area (Å²) in [5.41, 5.74) is -1.09. The van der Waals surface area contributed by atoms with Gasteiger partial charge in [-0.15, -0.1) is 0 Å². The summed E-state index contributed by atoms with van der Waals surface area (Å²) in [6.07, 6.45) is 1.71. The van der Waals surface area contributed by atoms with Gasteiger partial charge in [0.15, 0.2) is 0 Å². The number of hydrogen-bond donors (Lipinski definition) is 2. The number of hydrogen-bond acceptors (Lipinski definition) is 5. The molecule has 116 valence electrons.